The summed E-state index contributed by atoms with van der Waals surface area (Å²) in [6.45, 7) is 2.92. The zero-order valence-corrected chi connectivity index (χ0v) is 14.0. The van der Waals surface area contributed by atoms with Gasteiger partial charge < -0.3 is 14.6 Å². The van der Waals surface area contributed by atoms with Crippen LogP contribution in [0, 0.1) is 12.8 Å². The van der Waals surface area contributed by atoms with Crippen LogP contribution in [0.3, 0.4) is 0 Å². The Morgan fingerprint density at radius 1 is 1.44 bits per heavy atom. The van der Waals surface area contributed by atoms with Gasteiger partial charge in [-0.3, -0.25) is 9.59 Å². The number of aryl methyl sites for hydroxylation is 1. The van der Waals surface area contributed by atoms with Crippen molar-refractivity contribution in [3.8, 4) is 0 Å². The fourth-order valence-corrected chi connectivity index (χ4v) is 2.66. The molecule has 0 amide bonds. The second kappa shape index (κ2) is 7.28. The lowest BCUT2D eigenvalue weighted by atomic mass is 10.2. The molecule has 0 saturated carbocycles. The number of carbonyl (C=O) groups is 1. The van der Waals surface area contributed by atoms with Gasteiger partial charge in [-0.15, -0.1) is 5.10 Å². The highest BCUT2D eigenvalue weighted by Crippen LogP contribution is 2.25. The molecule has 0 bridgehead atoms. The number of aliphatic hydroxyl groups excluding tert-OH is 1. The van der Waals surface area contributed by atoms with Gasteiger partial charge in [0.15, 0.2) is 11.7 Å². The number of rotatable bonds is 6. The van der Waals surface area contributed by atoms with Crippen molar-refractivity contribution < 1.29 is 19.4 Å². The molecule has 3 heterocycles. The molecule has 0 aromatic carbocycles. The van der Waals surface area contributed by atoms with Crippen molar-refractivity contribution in [2.45, 2.75) is 45.8 Å². The first-order valence-corrected chi connectivity index (χ1v) is 7.98. The number of aromatic nitrogens is 5. The van der Waals surface area contributed by atoms with E-state index in [-0.39, 0.29) is 12.1 Å². The van der Waals surface area contributed by atoms with E-state index in [0.717, 1.165) is 11.1 Å². The molecule has 2 aromatic heterocycles. The lowest BCUT2D eigenvalue weighted by Gasteiger charge is -2.14. The molecule has 2 atom stereocenters. The minimum absolute atomic E-state index is 0.0575. The second-order valence-electron chi connectivity index (χ2n) is 5.63. The molecule has 2 aromatic rings. The maximum absolute atomic E-state index is 12.8. The Labute approximate surface area is 143 Å². The maximum Gasteiger partial charge on any atom is 0.302 e. The van der Waals surface area contributed by atoms with E-state index >= 15 is 0 Å². The molecular weight excluding hydrogens is 330 g/mol. The number of fused-ring (bicyclic) bond motifs is 1. The Kier molecular flexibility index (Phi) is 5.09. The van der Waals surface area contributed by atoms with E-state index in [4.69, 9.17) is 9.47 Å². The summed E-state index contributed by atoms with van der Waals surface area (Å²) in [6.07, 6.45) is 3.57. The van der Waals surface area contributed by atoms with E-state index in [1.807, 2.05) is 6.92 Å². The molecule has 1 N–H and O–H groups in total. The third-order valence-corrected chi connectivity index (χ3v) is 3.77. The normalized spacial score (nSPS) is 20.3. The van der Waals surface area contributed by atoms with Gasteiger partial charge in [0.1, 0.15) is 18.9 Å². The van der Waals surface area contributed by atoms with Crippen molar-refractivity contribution in [1.82, 2.24) is 24.8 Å². The van der Waals surface area contributed by atoms with Crippen molar-refractivity contribution in [2.75, 3.05) is 6.61 Å². The summed E-state index contributed by atoms with van der Waals surface area (Å²) in [7, 11) is 0. The lowest BCUT2D eigenvalue weighted by Crippen LogP contribution is -2.30. The van der Waals surface area contributed by atoms with Gasteiger partial charge in [-0.25, -0.2) is 4.68 Å². The van der Waals surface area contributed by atoms with Gasteiger partial charge in [0.05, 0.1) is 11.8 Å². The van der Waals surface area contributed by atoms with Crippen LogP contribution < -0.4 is 5.56 Å². The van der Waals surface area contributed by atoms with Crippen molar-refractivity contribution in [2.24, 2.45) is 0 Å². The molecule has 0 aliphatic carbocycles. The first kappa shape index (κ1) is 17.5. The number of esters is 1. The Bertz CT molecular complexity index is 830. The second-order valence-corrected chi connectivity index (χ2v) is 5.63. The summed E-state index contributed by atoms with van der Waals surface area (Å²) in [4.78, 5) is 23.6. The van der Waals surface area contributed by atoms with Crippen LogP contribution in [0.2, 0.25) is 0 Å². The predicted molar refractivity (Wildman–Crippen MR) is 84.9 cm³/mol. The SMILES string of the molecule is CCCc1nn(CO)c2c(=O)n(C3[CH][CH]C(COC(C)=O)O3)nnc12. The molecule has 25 heavy (non-hydrogen) atoms. The summed E-state index contributed by atoms with van der Waals surface area (Å²) in [6, 6.07) is 0. The van der Waals surface area contributed by atoms with Gasteiger partial charge in [0, 0.05) is 19.8 Å². The van der Waals surface area contributed by atoms with Crippen LogP contribution in [0.1, 0.15) is 32.2 Å². The van der Waals surface area contributed by atoms with Crippen molar-refractivity contribution in [3.05, 3.63) is 28.9 Å². The van der Waals surface area contributed by atoms with Crippen LogP contribution in [0.15, 0.2) is 4.79 Å². The van der Waals surface area contributed by atoms with Crippen molar-refractivity contribution in [3.63, 3.8) is 0 Å². The summed E-state index contributed by atoms with van der Waals surface area (Å²) in [5.74, 6) is -0.408. The number of carbonyl (C=O) groups excluding carboxylic acids is 1. The molecule has 0 spiro atoms. The van der Waals surface area contributed by atoms with Crippen LogP contribution in [-0.4, -0.2) is 48.6 Å². The molecule has 1 fully saturated rings. The quantitative estimate of drug-likeness (QED) is 0.709. The smallest absolute Gasteiger partial charge is 0.302 e. The fourth-order valence-electron chi connectivity index (χ4n) is 2.66. The van der Waals surface area contributed by atoms with Gasteiger partial charge in [0.25, 0.3) is 5.56 Å². The minimum atomic E-state index is -0.762. The summed E-state index contributed by atoms with van der Waals surface area (Å²) in [5.41, 5.74) is 0.729. The van der Waals surface area contributed by atoms with Gasteiger partial charge in [-0.1, -0.05) is 18.6 Å². The third-order valence-electron chi connectivity index (χ3n) is 3.77. The van der Waals surface area contributed by atoms with Crippen molar-refractivity contribution in [1.29, 1.82) is 0 Å². The van der Waals surface area contributed by atoms with E-state index in [0.29, 0.717) is 17.6 Å². The molecule has 1 saturated heterocycles. The number of hydrogen-bond donors (Lipinski definition) is 1. The Hall–Kier alpha value is -2.33. The Morgan fingerprint density at radius 2 is 2.24 bits per heavy atom. The number of nitrogens with zero attached hydrogens (tertiary/aromatic N) is 5. The molecule has 1 aliphatic heterocycles. The fraction of sp³-hybridized carbons (Fsp3) is 0.533. The predicted octanol–water partition coefficient (Wildman–Crippen LogP) is -0.241. The molecular formula is C15H19N5O5. The largest absolute Gasteiger partial charge is 0.463 e. The first-order chi connectivity index (χ1) is 12.0. The van der Waals surface area contributed by atoms with Gasteiger partial charge in [0.2, 0.25) is 0 Å². The van der Waals surface area contributed by atoms with Gasteiger partial charge in [-0.05, 0) is 6.42 Å². The highest BCUT2D eigenvalue weighted by atomic mass is 16.6. The van der Waals surface area contributed by atoms with Crippen molar-refractivity contribution >= 4 is 17.0 Å². The Morgan fingerprint density at radius 3 is 2.92 bits per heavy atom. The van der Waals surface area contributed by atoms with E-state index in [2.05, 4.69) is 15.4 Å². The average Bonchev–Trinajstić information content (AvgIpc) is 3.19. The molecule has 1 aliphatic rings. The maximum atomic E-state index is 12.8. The van der Waals surface area contributed by atoms with Crippen LogP contribution in [0.4, 0.5) is 0 Å². The van der Waals surface area contributed by atoms with Crippen LogP contribution in [0.5, 0.6) is 0 Å². The number of aliphatic hydroxyl groups is 1. The topological polar surface area (TPSA) is 121 Å². The third kappa shape index (κ3) is 3.40. The van der Waals surface area contributed by atoms with Gasteiger partial charge >= 0.3 is 5.97 Å². The first-order valence-electron chi connectivity index (χ1n) is 7.98. The van der Waals surface area contributed by atoms with Gasteiger partial charge in [-0.2, -0.15) is 9.78 Å². The number of ether oxygens (including phenoxy) is 2. The van der Waals surface area contributed by atoms with Crippen LogP contribution in [-0.2, 0) is 27.4 Å². The van der Waals surface area contributed by atoms with Crippen LogP contribution in [0.25, 0.3) is 11.0 Å². The standard InChI is InChI=1S/C15H19N5O5/c1-3-4-11-13-14(19(8-21)17-11)15(23)20(18-16-13)12-6-5-10(25-12)7-24-9(2)22/h5-6,10,12,21H,3-4,7-8H2,1-2H3. The molecule has 2 radical (unpaired) electrons. The highest BCUT2D eigenvalue weighted by molar-refractivity contribution is 5.75. The van der Waals surface area contributed by atoms with E-state index in [1.165, 1.54) is 11.6 Å². The molecule has 10 nitrogen and oxygen atoms in total. The summed E-state index contributed by atoms with van der Waals surface area (Å²) < 4.78 is 12.8. The summed E-state index contributed by atoms with van der Waals surface area (Å²) >= 11 is 0. The monoisotopic (exact) mass is 349 g/mol. The van der Waals surface area contributed by atoms with E-state index in [9.17, 15) is 14.7 Å². The molecule has 134 valence electrons. The molecule has 3 rings (SSSR count). The number of hydrogen-bond acceptors (Lipinski definition) is 8. The highest BCUT2D eigenvalue weighted by Gasteiger charge is 2.31. The molecule has 10 heteroatoms. The summed E-state index contributed by atoms with van der Waals surface area (Å²) in [5, 5.41) is 21.7. The van der Waals surface area contributed by atoms with Crippen LogP contribution >= 0.6 is 0 Å². The zero-order chi connectivity index (χ0) is 18.0. The lowest BCUT2D eigenvalue weighted by molar-refractivity contribution is -0.145. The Balaban J connectivity index is 1.89. The van der Waals surface area contributed by atoms with E-state index < -0.39 is 30.6 Å². The minimum Gasteiger partial charge on any atom is -0.463 e. The average molecular weight is 349 g/mol. The zero-order valence-electron chi connectivity index (χ0n) is 14.0. The molecule has 2 unspecified atom stereocenters. The van der Waals surface area contributed by atoms with E-state index in [1.54, 1.807) is 12.8 Å².